The Balaban J connectivity index is 2.25. The van der Waals surface area contributed by atoms with Crippen LogP contribution in [0.4, 0.5) is 5.69 Å². The normalized spacial score (nSPS) is 10.5. The van der Waals surface area contributed by atoms with Crippen LogP contribution in [0.5, 0.6) is 0 Å². The number of nitrogens with zero attached hydrogens (tertiary/aromatic N) is 1. The number of hydrogen-bond acceptors (Lipinski definition) is 4. The van der Waals surface area contributed by atoms with Crippen LogP contribution >= 0.6 is 0 Å². The van der Waals surface area contributed by atoms with Gasteiger partial charge in [-0.05, 0) is 25.9 Å². The van der Waals surface area contributed by atoms with Gasteiger partial charge in [0.2, 0.25) is 0 Å². The summed E-state index contributed by atoms with van der Waals surface area (Å²) in [6.45, 7) is 2.19. The lowest BCUT2D eigenvalue weighted by Gasteiger charge is -2.05. The van der Waals surface area contributed by atoms with E-state index in [1.807, 2.05) is 6.07 Å². The lowest BCUT2D eigenvalue weighted by Crippen LogP contribution is -2.15. The van der Waals surface area contributed by atoms with Crippen molar-refractivity contribution in [1.82, 2.24) is 5.32 Å². The third-order valence-corrected chi connectivity index (χ3v) is 2.81. The summed E-state index contributed by atoms with van der Waals surface area (Å²) in [4.78, 5) is 10.5. The molecule has 0 aliphatic rings. The van der Waals surface area contributed by atoms with Gasteiger partial charge in [0.1, 0.15) is 0 Å². The first-order chi connectivity index (χ1) is 8.75. The fourth-order valence-corrected chi connectivity index (χ4v) is 1.81. The van der Waals surface area contributed by atoms with Gasteiger partial charge in [0.05, 0.1) is 4.92 Å². The Bertz CT molecular complexity index is 369. The summed E-state index contributed by atoms with van der Waals surface area (Å²) >= 11 is 0. The third kappa shape index (κ3) is 5.25. The predicted molar refractivity (Wildman–Crippen MR) is 72.3 cm³/mol. The van der Waals surface area contributed by atoms with Crippen LogP contribution in [0.2, 0.25) is 0 Å². The van der Waals surface area contributed by atoms with Crippen LogP contribution in [0.15, 0.2) is 24.3 Å². The Labute approximate surface area is 108 Å². The van der Waals surface area contributed by atoms with Crippen LogP contribution in [0, 0.1) is 10.1 Å². The summed E-state index contributed by atoms with van der Waals surface area (Å²) in [5.41, 5.74) is 6.34. The largest absolute Gasteiger partial charge is 0.330 e. The maximum absolute atomic E-state index is 10.8. The van der Waals surface area contributed by atoms with Gasteiger partial charge < -0.3 is 11.1 Å². The molecular formula is C13H21N3O2. The van der Waals surface area contributed by atoms with Crippen molar-refractivity contribution in [3.63, 3.8) is 0 Å². The number of rotatable bonds is 9. The van der Waals surface area contributed by atoms with E-state index in [1.54, 1.807) is 12.1 Å². The molecule has 1 rings (SSSR count). The summed E-state index contributed by atoms with van der Waals surface area (Å²) < 4.78 is 0. The van der Waals surface area contributed by atoms with Gasteiger partial charge >= 0.3 is 0 Å². The van der Waals surface area contributed by atoms with Gasteiger partial charge in [-0.1, -0.05) is 31.0 Å². The number of nitrogens with two attached hydrogens (primary N) is 1. The minimum absolute atomic E-state index is 0.188. The Hall–Kier alpha value is -1.46. The minimum atomic E-state index is -0.335. The molecule has 0 unspecified atom stereocenters. The van der Waals surface area contributed by atoms with E-state index in [4.69, 9.17) is 5.73 Å². The highest BCUT2D eigenvalue weighted by atomic mass is 16.6. The Kier molecular flexibility index (Phi) is 6.98. The maximum atomic E-state index is 10.8. The second kappa shape index (κ2) is 8.60. The van der Waals surface area contributed by atoms with Crippen molar-refractivity contribution in [2.45, 2.75) is 32.2 Å². The molecule has 0 aromatic heterocycles. The van der Waals surface area contributed by atoms with E-state index >= 15 is 0 Å². The fourth-order valence-electron chi connectivity index (χ4n) is 1.81. The molecule has 0 atom stereocenters. The van der Waals surface area contributed by atoms with Crippen LogP contribution in [0.3, 0.4) is 0 Å². The van der Waals surface area contributed by atoms with Gasteiger partial charge in [-0.15, -0.1) is 0 Å². The summed E-state index contributed by atoms with van der Waals surface area (Å²) in [5.74, 6) is 0. The molecule has 5 heteroatoms. The minimum Gasteiger partial charge on any atom is -0.330 e. The lowest BCUT2D eigenvalue weighted by atomic mass is 10.1. The molecule has 18 heavy (non-hydrogen) atoms. The highest BCUT2D eigenvalue weighted by Gasteiger charge is 2.10. The number of para-hydroxylation sites is 1. The van der Waals surface area contributed by atoms with E-state index in [0.29, 0.717) is 6.54 Å². The first kappa shape index (κ1) is 14.6. The standard InChI is InChI=1S/C13H21N3O2/c14-9-5-1-2-6-10-15-11-12-7-3-4-8-13(12)16(17)18/h3-4,7-8,15H,1-2,5-6,9-11,14H2. The van der Waals surface area contributed by atoms with Crippen molar-refractivity contribution >= 4 is 5.69 Å². The van der Waals surface area contributed by atoms with Crippen LogP contribution in [0.1, 0.15) is 31.2 Å². The Morgan fingerprint density at radius 1 is 1.17 bits per heavy atom. The third-order valence-electron chi connectivity index (χ3n) is 2.81. The van der Waals surface area contributed by atoms with Crippen LogP contribution in [-0.2, 0) is 6.54 Å². The number of nitrogens with one attached hydrogen (secondary N) is 1. The van der Waals surface area contributed by atoms with Crippen molar-refractivity contribution < 1.29 is 4.92 Å². The van der Waals surface area contributed by atoms with Crippen molar-refractivity contribution in [2.24, 2.45) is 5.73 Å². The van der Waals surface area contributed by atoms with Crippen molar-refractivity contribution in [1.29, 1.82) is 0 Å². The van der Waals surface area contributed by atoms with Gasteiger partial charge in [0.15, 0.2) is 0 Å². The fraction of sp³-hybridized carbons (Fsp3) is 0.538. The molecule has 0 bridgehead atoms. The molecule has 1 aromatic carbocycles. The second-order valence-corrected chi connectivity index (χ2v) is 4.27. The van der Waals surface area contributed by atoms with E-state index < -0.39 is 0 Å². The summed E-state index contributed by atoms with van der Waals surface area (Å²) in [6.07, 6.45) is 4.47. The van der Waals surface area contributed by atoms with Gasteiger partial charge in [-0.25, -0.2) is 0 Å². The SMILES string of the molecule is NCCCCCCNCc1ccccc1[N+](=O)[O-]. The zero-order valence-corrected chi connectivity index (χ0v) is 10.6. The smallest absolute Gasteiger partial charge is 0.273 e. The quantitative estimate of drug-likeness (QED) is 0.400. The molecule has 5 nitrogen and oxygen atoms in total. The van der Waals surface area contributed by atoms with Gasteiger partial charge in [0, 0.05) is 18.2 Å². The van der Waals surface area contributed by atoms with Crippen molar-refractivity contribution in [3.8, 4) is 0 Å². The van der Waals surface area contributed by atoms with Gasteiger partial charge in [-0.3, -0.25) is 10.1 Å². The monoisotopic (exact) mass is 251 g/mol. The lowest BCUT2D eigenvalue weighted by molar-refractivity contribution is -0.385. The molecule has 3 N–H and O–H groups in total. The molecule has 0 saturated heterocycles. The molecule has 0 saturated carbocycles. The van der Waals surface area contributed by atoms with Gasteiger partial charge in [0.25, 0.3) is 5.69 Å². The zero-order valence-electron chi connectivity index (χ0n) is 10.6. The number of nitro groups is 1. The zero-order chi connectivity index (χ0) is 13.2. The van der Waals surface area contributed by atoms with Crippen LogP contribution in [0.25, 0.3) is 0 Å². The van der Waals surface area contributed by atoms with E-state index in [9.17, 15) is 10.1 Å². The number of unbranched alkanes of at least 4 members (excludes halogenated alkanes) is 3. The molecule has 1 aromatic rings. The number of nitro benzene ring substituents is 1. The number of hydrogen-bond donors (Lipinski definition) is 2. The van der Waals surface area contributed by atoms with Crippen LogP contribution < -0.4 is 11.1 Å². The first-order valence-electron chi connectivity index (χ1n) is 6.39. The van der Waals surface area contributed by atoms with Crippen molar-refractivity contribution in [2.75, 3.05) is 13.1 Å². The molecule has 0 spiro atoms. The molecule has 0 radical (unpaired) electrons. The molecule has 100 valence electrons. The Morgan fingerprint density at radius 3 is 2.61 bits per heavy atom. The molecule has 0 fully saturated rings. The second-order valence-electron chi connectivity index (χ2n) is 4.27. The van der Waals surface area contributed by atoms with E-state index in [1.165, 1.54) is 6.07 Å². The van der Waals surface area contributed by atoms with Gasteiger partial charge in [-0.2, -0.15) is 0 Å². The van der Waals surface area contributed by atoms with E-state index in [-0.39, 0.29) is 10.6 Å². The Morgan fingerprint density at radius 2 is 1.89 bits per heavy atom. The molecule has 0 aliphatic carbocycles. The summed E-state index contributed by atoms with van der Waals surface area (Å²) in [6, 6.07) is 6.84. The van der Waals surface area contributed by atoms with Crippen molar-refractivity contribution in [3.05, 3.63) is 39.9 Å². The molecular weight excluding hydrogens is 230 g/mol. The summed E-state index contributed by atoms with van der Waals surface area (Å²) in [7, 11) is 0. The van der Waals surface area contributed by atoms with E-state index in [2.05, 4.69) is 5.32 Å². The maximum Gasteiger partial charge on any atom is 0.273 e. The highest BCUT2D eigenvalue weighted by molar-refractivity contribution is 5.39. The first-order valence-corrected chi connectivity index (χ1v) is 6.39. The average molecular weight is 251 g/mol. The highest BCUT2D eigenvalue weighted by Crippen LogP contribution is 2.16. The number of benzene rings is 1. The topological polar surface area (TPSA) is 81.2 Å². The molecule has 0 aliphatic heterocycles. The van der Waals surface area contributed by atoms with E-state index in [0.717, 1.165) is 44.3 Å². The summed E-state index contributed by atoms with van der Waals surface area (Å²) in [5, 5.41) is 14.0. The molecule has 0 heterocycles. The average Bonchev–Trinajstić information content (AvgIpc) is 2.38. The molecule has 0 amide bonds. The predicted octanol–water partition coefficient (Wildman–Crippen LogP) is 2.20. The van der Waals surface area contributed by atoms with Crippen LogP contribution in [-0.4, -0.2) is 18.0 Å².